The van der Waals surface area contributed by atoms with Crippen molar-refractivity contribution >= 4 is 23.6 Å². The number of nitrogens with zero attached hydrogens (tertiary/aromatic N) is 1. The number of hydrogen-bond acceptors (Lipinski definition) is 6. The fourth-order valence-corrected chi connectivity index (χ4v) is 1.44. The number of hydrogen-bond donors (Lipinski definition) is 2. The molecule has 124 valence electrons. The van der Waals surface area contributed by atoms with Crippen molar-refractivity contribution in [3.05, 3.63) is 39.9 Å². The monoisotopic (exact) mass is 323 g/mol. The third kappa shape index (κ3) is 6.55. The smallest absolute Gasteiger partial charge is 0.338 e. The summed E-state index contributed by atoms with van der Waals surface area (Å²) in [5.41, 5.74) is -0.103. The molecule has 0 aliphatic carbocycles. The van der Waals surface area contributed by atoms with E-state index in [4.69, 9.17) is 4.74 Å². The van der Waals surface area contributed by atoms with Crippen molar-refractivity contribution in [1.29, 1.82) is 0 Å². The Morgan fingerprint density at radius 3 is 2.35 bits per heavy atom. The van der Waals surface area contributed by atoms with Crippen LogP contribution in [0, 0.1) is 16.0 Å². The Morgan fingerprint density at radius 1 is 1.22 bits per heavy atom. The number of nitro groups is 1. The molecule has 0 saturated heterocycles. The molecule has 0 bridgehead atoms. The van der Waals surface area contributed by atoms with Gasteiger partial charge in [-0.2, -0.15) is 0 Å². The minimum Gasteiger partial charge on any atom is -0.452 e. The van der Waals surface area contributed by atoms with Gasteiger partial charge in [0.1, 0.15) is 0 Å². The SMILES string of the molecule is CC(C)CNC(=O)NC(=O)COC(=O)c1ccc([N+](=O)[O-])cc1. The van der Waals surface area contributed by atoms with Crippen LogP contribution in [0.25, 0.3) is 0 Å². The molecule has 1 aromatic carbocycles. The van der Waals surface area contributed by atoms with Gasteiger partial charge in [-0.25, -0.2) is 9.59 Å². The second-order valence-corrected chi connectivity index (χ2v) is 5.03. The molecular weight excluding hydrogens is 306 g/mol. The van der Waals surface area contributed by atoms with Gasteiger partial charge in [0.25, 0.3) is 11.6 Å². The predicted molar refractivity (Wildman–Crippen MR) is 79.8 cm³/mol. The van der Waals surface area contributed by atoms with Crippen LogP contribution in [0.4, 0.5) is 10.5 Å². The number of rotatable bonds is 6. The zero-order valence-corrected chi connectivity index (χ0v) is 12.7. The van der Waals surface area contributed by atoms with Crippen molar-refractivity contribution in [1.82, 2.24) is 10.6 Å². The van der Waals surface area contributed by atoms with E-state index in [-0.39, 0.29) is 17.2 Å². The van der Waals surface area contributed by atoms with Crippen molar-refractivity contribution in [3.63, 3.8) is 0 Å². The van der Waals surface area contributed by atoms with E-state index in [0.29, 0.717) is 6.54 Å². The van der Waals surface area contributed by atoms with E-state index in [9.17, 15) is 24.5 Å². The highest BCUT2D eigenvalue weighted by Crippen LogP contribution is 2.12. The molecule has 0 heterocycles. The first kappa shape index (κ1) is 18.1. The number of nitrogens with one attached hydrogen (secondary N) is 2. The highest BCUT2D eigenvalue weighted by molar-refractivity contribution is 5.97. The standard InChI is InChI=1S/C14H17N3O6/c1-9(2)7-15-14(20)16-12(18)8-23-13(19)10-3-5-11(6-4-10)17(21)22/h3-6,9H,7-8H2,1-2H3,(H2,15,16,18,20). The van der Waals surface area contributed by atoms with Crippen LogP contribution in [0.1, 0.15) is 24.2 Å². The second kappa shape index (κ2) is 8.47. The van der Waals surface area contributed by atoms with E-state index >= 15 is 0 Å². The van der Waals surface area contributed by atoms with Gasteiger partial charge in [0, 0.05) is 18.7 Å². The maximum atomic E-state index is 11.7. The fourth-order valence-electron chi connectivity index (χ4n) is 1.44. The molecule has 1 rings (SSSR count). The van der Waals surface area contributed by atoms with Gasteiger partial charge in [0.15, 0.2) is 6.61 Å². The summed E-state index contributed by atoms with van der Waals surface area (Å²) in [5.74, 6) is -1.37. The summed E-state index contributed by atoms with van der Waals surface area (Å²) in [5, 5.41) is 15.0. The van der Waals surface area contributed by atoms with Gasteiger partial charge in [-0.15, -0.1) is 0 Å². The first-order valence-corrected chi connectivity index (χ1v) is 6.79. The van der Waals surface area contributed by atoms with Crippen molar-refractivity contribution in [2.45, 2.75) is 13.8 Å². The molecule has 0 saturated carbocycles. The van der Waals surface area contributed by atoms with Crippen LogP contribution in [-0.4, -0.2) is 36.0 Å². The summed E-state index contributed by atoms with van der Waals surface area (Å²) in [6.45, 7) is 3.56. The molecule has 0 spiro atoms. The predicted octanol–water partition coefficient (Wildman–Crippen LogP) is 1.23. The molecule has 0 fully saturated rings. The Balaban J connectivity index is 2.41. The van der Waals surface area contributed by atoms with Gasteiger partial charge >= 0.3 is 12.0 Å². The molecule has 0 unspecified atom stereocenters. The Hall–Kier alpha value is -2.97. The normalized spacial score (nSPS) is 10.0. The molecule has 0 aliphatic heterocycles. The Labute approximate surface area is 132 Å². The summed E-state index contributed by atoms with van der Waals surface area (Å²) >= 11 is 0. The summed E-state index contributed by atoms with van der Waals surface area (Å²) < 4.78 is 4.72. The Kier molecular flexibility index (Phi) is 6.66. The summed E-state index contributed by atoms with van der Waals surface area (Å²) in [7, 11) is 0. The Morgan fingerprint density at radius 2 is 1.83 bits per heavy atom. The van der Waals surface area contributed by atoms with Crippen LogP contribution >= 0.6 is 0 Å². The van der Waals surface area contributed by atoms with E-state index in [2.05, 4.69) is 5.32 Å². The van der Waals surface area contributed by atoms with E-state index < -0.39 is 29.4 Å². The van der Waals surface area contributed by atoms with Crippen LogP contribution in [0.2, 0.25) is 0 Å². The molecule has 0 radical (unpaired) electrons. The molecule has 9 nitrogen and oxygen atoms in total. The molecule has 0 atom stereocenters. The number of urea groups is 1. The molecule has 23 heavy (non-hydrogen) atoms. The molecule has 0 aromatic heterocycles. The van der Waals surface area contributed by atoms with Crippen LogP contribution in [-0.2, 0) is 9.53 Å². The zero-order valence-electron chi connectivity index (χ0n) is 12.7. The number of carbonyl (C=O) groups excluding carboxylic acids is 3. The van der Waals surface area contributed by atoms with Crippen LogP contribution in [0.5, 0.6) is 0 Å². The molecule has 0 aliphatic rings. The third-order valence-corrected chi connectivity index (χ3v) is 2.57. The third-order valence-electron chi connectivity index (χ3n) is 2.57. The van der Waals surface area contributed by atoms with E-state index in [1.807, 2.05) is 19.2 Å². The summed E-state index contributed by atoms with van der Waals surface area (Å²) in [6.07, 6.45) is 0. The van der Waals surface area contributed by atoms with Gasteiger partial charge in [-0.1, -0.05) is 13.8 Å². The number of benzene rings is 1. The van der Waals surface area contributed by atoms with Crippen LogP contribution < -0.4 is 10.6 Å². The average molecular weight is 323 g/mol. The lowest BCUT2D eigenvalue weighted by Crippen LogP contribution is -2.42. The highest BCUT2D eigenvalue weighted by Gasteiger charge is 2.14. The number of esters is 1. The van der Waals surface area contributed by atoms with Gasteiger partial charge in [-0.3, -0.25) is 20.2 Å². The van der Waals surface area contributed by atoms with E-state index in [0.717, 1.165) is 12.1 Å². The number of ether oxygens (including phenoxy) is 1. The van der Waals surface area contributed by atoms with Gasteiger partial charge in [0.2, 0.25) is 0 Å². The highest BCUT2D eigenvalue weighted by atomic mass is 16.6. The number of nitro benzene ring substituents is 1. The maximum Gasteiger partial charge on any atom is 0.338 e. The van der Waals surface area contributed by atoms with Crippen molar-refractivity contribution in [2.24, 2.45) is 5.92 Å². The van der Waals surface area contributed by atoms with E-state index in [1.54, 1.807) is 0 Å². The number of non-ortho nitro benzene ring substituents is 1. The van der Waals surface area contributed by atoms with Gasteiger partial charge in [-0.05, 0) is 18.1 Å². The minimum atomic E-state index is -0.822. The molecular formula is C14H17N3O6. The van der Waals surface area contributed by atoms with Gasteiger partial charge in [0.05, 0.1) is 10.5 Å². The first-order chi connectivity index (χ1) is 10.8. The van der Waals surface area contributed by atoms with Crippen molar-refractivity contribution in [2.75, 3.05) is 13.2 Å². The number of imide groups is 1. The topological polar surface area (TPSA) is 128 Å². The quantitative estimate of drug-likeness (QED) is 0.460. The van der Waals surface area contributed by atoms with Crippen molar-refractivity contribution < 1.29 is 24.0 Å². The number of amides is 3. The average Bonchev–Trinajstić information content (AvgIpc) is 2.50. The molecule has 3 amide bonds. The maximum absolute atomic E-state index is 11.7. The largest absolute Gasteiger partial charge is 0.452 e. The summed E-state index contributed by atoms with van der Waals surface area (Å²) in [4.78, 5) is 44.3. The minimum absolute atomic E-state index is 0.0626. The van der Waals surface area contributed by atoms with Gasteiger partial charge < -0.3 is 10.1 Å². The molecule has 2 N–H and O–H groups in total. The lowest BCUT2D eigenvalue weighted by atomic mass is 10.2. The molecule has 1 aromatic rings. The molecule has 9 heteroatoms. The van der Waals surface area contributed by atoms with E-state index in [1.165, 1.54) is 12.1 Å². The van der Waals surface area contributed by atoms with Crippen LogP contribution in [0.3, 0.4) is 0 Å². The van der Waals surface area contributed by atoms with Crippen LogP contribution in [0.15, 0.2) is 24.3 Å². The number of carbonyl (C=O) groups is 3. The zero-order chi connectivity index (χ0) is 17.4. The first-order valence-electron chi connectivity index (χ1n) is 6.79. The second-order valence-electron chi connectivity index (χ2n) is 5.03. The lowest BCUT2D eigenvalue weighted by molar-refractivity contribution is -0.384. The summed E-state index contributed by atoms with van der Waals surface area (Å²) in [6, 6.07) is 4.06. The lowest BCUT2D eigenvalue weighted by Gasteiger charge is -2.09. The fraction of sp³-hybridized carbons (Fsp3) is 0.357. The van der Waals surface area contributed by atoms with Crippen molar-refractivity contribution in [3.8, 4) is 0 Å². The Bertz CT molecular complexity index is 597.